The molecule has 2 nitrogen and oxygen atoms in total. The van der Waals surface area contributed by atoms with Crippen LogP contribution in [0.2, 0.25) is 0 Å². The molecule has 1 aliphatic rings. The summed E-state index contributed by atoms with van der Waals surface area (Å²) >= 11 is 0. The van der Waals surface area contributed by atoms with Crippen molar-refractivity contribution in [1.82, 2.24) is 4.90 Å². The Labute approximate surface area is 108 Å². The van der Waals surface area contributed by atoms with Gasteiger partial charge in [-0.2, -0.15) is 0 Å². The second-order valence-electron chi connectivity index (χ2n) is 6.24. The molecule has 0 aromatic carbocycles. The Kier molecular flexibility index (Phi) is 5.46. The van der Waals surface area contributed by atoms with Crippen molar-refractivity contribution in [3.8, 4) is 0 Å². The van der Waals surface area contributed by atoms with E-state index in [9.17, 15) is 0 Å². The van der Waals surface area contributed by atoms with E-state index >= 15 is 0 Å². The Hall–Kier alpha value is -0.0800. The molecule has 2 heteroatoms. The third-order valence-corrected chi connectivity index (χ3v) is 4.96. The first-order chi connectivity index (χ1) is 8.00. The Morgan fingerprint density at radius 1 is 1.24 bits per heavy atom. The Morgan fingerprint density at radius 2 is 1.88 bits per heavy atom. The topological polar surface area (TPSA) is 29.3 Å². The molecule has 0 saturated carbocycles. The van der Waals surface area contributed by atoms with Crippen LogP contribution in [0.1, 0.15) is 60.3 Å². The van der Waals surface area contributed by atoms with Crippen molar-refractivity contribution in [1.29, 1.82) is 0 Å². The maximum atomic E-state index is 6.15. The molecule has 4 unspecified atom stereocenters. The van der Waals surface area contributed by atoms with E-state index in [0.29, 0.717) is 6.04 Å². The van der Waals surface area contributed by atoms with Crippen molar-refractivity contribution in [2.75, 3.05) is 13.1 Å². The van der Waals surface area contributed by atoms with Gasteiger partial charge in [-0.05, 0) is 38.0 Å². The molecule has 102 valence electrons. The van der Waals surface area contributed by atoms with Crippen LogP contribution in [0.4, 0.5) is 0 Å². The summed E-state index contributed by atoms with van der Waals surface area (Å²) in [6.45, 7) is 13.8. The van der Waals surface area contributed by atoms with Crippen LogP contribution in [0.15, 0.2) is 0 Å². The van der Waals surface area contributed by atoms with Gasteiger partial charge in [0.25, 0.3) is 0 Å². The van der Waals surface area contributed by atoms with E-state index in [2.05, 4.69) is 39.5 Å². The molecule has 0 amide bonds. The molecule has 0 aliphatic carbocycles. The van der Waals surface area contributed by atoms with Gasteiger partial charge in [0.1, 0.15) is 0 Å². The normalized spacial score (nSPS) is 34.6. The van der Waals surface area contributed by atoms with E-state index in [4.69, 9.17) is 5.73 Å². The summed E-state index contributed by atoms with van der Waals surface area (Å²) in [5.74, 6) is 1.61. The minimum atomic E-state index is 0.247. The molecule has 0 aromatic heterocycles. The highest BCUT2D eigenvalue weighted by Crippen LogP contribution is 2.35. The fourth-order valence-corrected chi connectivity index (χ4v) is 3.69. The van der Waals surface area contributed by atoms with Gasteiger partial charge < -0.3 is 5.73 Å². The van der Waals surface area contributed by atoms with Crippen LogP contribution in [0, 0.1) is 11.8 Å². The average Bonchev–Trinajstić information content (AvgIpc) is 2.31. The van der Waals surface area contributed by atoms with Gasteiger partial charge in [0, 0.05) is 24.7 Å². The van der Waals surface area contributed by atoms with Crippen LogP contribution in [-0.2, 0) is 0 Å². The lowest BCUT2D eigenvalue weighted by Crippen LogP contribution is -2.61. The first kappa shape index (κ1) is 15.0. The molecule has 1 fully saturated rings. The highest BCUT2D eigenvalue weighted by atomic mass is 15.2. The van der Waals surface area contributed by atoms with E-state index in [1.807, 2.05) is 0 Å². The first-order valence-electron chi connectivity index (χ1n) is 7.47. The third kappa shape index (κ3) is 3.03. The summed E-state index contributed by atoms with van der Waals surface area (Å²) in [5.41, 5.74) is 6.39. The van der Waals surface area contributed by atoms with Crippen molar-refractivity contribution >= 4 is 0 Å². The molecule has 1 rings (SSSR count). The molecular formula is C15H32N2. The second-order valence-corrected chi connectivity index (χ2v) is 6.24. The molecule has 0 bridgehead atoms. The van der Waals surface area contributed by atoms with E-state index in [1.165, 1.54) is 32.2 Å². The zero-order valence-electron chi connectivity index (χ0n) is 12.5. The van der Waals surface area contributed by atoms with Crippen molar-refractivity contribution in [2.24, 2.45) is 17.6 Å². The van der Waals surface area contributed by atoms with Crippen LogP contribution < -0.4 is 5.73 Å². The molecule has 0 aromatic rings. The van der Waals surface area contributed by atoms with Gasteiger partial charge >= 0.3 is 0 Å². The lowest BCUT2D eigenvalue weighted by atomic mass is 9.79. The van der Waals surface area contributed by atoms with Crippen LogP contribution in [0.5, 0.6) is 0 Å². The summed E-state index contributed by atoms with van der Waals surface area (Å²) in [5, 5.41) is 0. The molecule has 1 saturated heterocycles. The van der Waals surface area contributed by atoms with E-state index in [1.54, 1.807) is 0 Å². The minimum absolute atomic E-state index is 0.247. The van der Waals surface area contributed by atoms with Gasteiger partial charge in [0.15, 0.2) is 0 Å². The van der Waals surface area contributed by atoms with Gasteiger partial charge in [-0.25, -0.2) is 0 Å². The maximum Gasteiger partial charge on any atom is 0.0332 e. The first-order valence-corrected chi connectivity index (χ1v) is 7.47. The number of rotatable bonds is 5. The smallest absolute Gasteiger partial charge is 0.0332 e. The third-order valence-electron chi connectivity index (χ3n) is 4.96. The molecule has 1 aliphatic heterocycles. The lowest BCUT2D eigenvalue weighted by Gasteiger charge is -2.52. The van der Waals surface area contributed by atoms with Gasteiger partial charge in [-0.3, -0.25) is 4.90 Å². The van der Waals surface area contributed by atoms with Gasteiger partial charge in [-0.15, -0.1) is 0 Å². The van der Waals surface area contributed by atoms with Crippen LogP contribution in [-0.4, -0.2) is 29.6 Å². The number of nitrogens with two attached hydrogens (primary N) is 1. The maximum absolute atomic E-state index is 6.15. The quantitative estimate of drug-likeness (QED) is 0.799. The molecule has 0 radical (unpaired) electrons. The summed E-state index contributed by atoms with van der Waals surface area (Å²) < 4.78 is 0. The average molecular weight is 240 g/mol. The monoisotopic (exact) mass is 240 g/mol. The summed E-state index contributed by atoms with van der Waals surface area (Å²) in [4.78, 5) is 2.73. The summed E-state index contributed by atoms with van der Waals surface area (Å²) in [7, 11) is 0. The lowest BCUT2D eigenvalue weighted by molar-refractivity contribution is -0.0233. The van der Waals surface area contributed by atoms with Crippen molar-refractivity contribution in [3.05, 3.63) is 0 Å². The Morgan fingerprint density at radius 3 is 2.35 bits per heavy atom. The predicted octanol–water partition coefficient (Wildman–Crippen LogP) is 3.26. The number of likely N-dealkylation sites (tertiary alicyclic amines) is 1. The minimum Gasteiger partial charge on any atom is -0.329 e. The van der Waals surface area contributed by atoms with Crippen LogP contribution in [0.3, 0.4) is 0 Å². The Bertz CT molecular complexity index is 223. The Balaban J connectivity index is 2.91. The molecule has 17 heavy (non-hydrogen) atoms. The molecule has 1 heterocycles. The highest BCUT2D eigenvalue weighted by Gasteiger charge is 2.40. The summed E-state index contributed by atoms with van der Waals surface area (Å²) in [6.07, 6.45) is 5.02. The molecular weight excluding hydrogens is 208 g/mol. The van der Waals surface area contributed by atoms with Crippen LogP contribution >= 0.6 is 0 Å². The number of piperidine rings is 1. The van der Waals surface area contributed by atoms with E-state index in [-0.39, 0.29) is 5.54 Å². The van der Waals surface area contributed by atoms with Crippen molar-refractivity contribution in [2.45, 2.75) is 71.9 Å². The molecule has 4 atom stereocenters. The van der Waals surface area contributed by atoms with E-state index < -0.39 is 0 Å². The number of hydrogen-bond donors (Lipinski definition) is 1. The fraction of sp³-hybridized carbons (Fsp3) is 1.00. The standard InChI is InChI=1S/C15H32N2/c1-6-8-15(7-2,11-16)17-10-12(3)9-13(4)14(17)5/h12-14H,6-11,16H2,1-5H3. The SMILES string of the molecule is CCCC(CC)(CN)N1CC(C)CC(C)C1C. The van der Waals surface area contributed by atoms with Crippen LogP contribution in [0.25, 0.3) is 0 Å². The fourth-order valence-electron chi connectivity index (χ4n) is 3.69. The largest absolute Gasteiger partial charge is 0.329 e. The molecule has 2 N–H and O–H groups in total. The molecule has 0 spiro atoms. The number of nitrogens with zero attached hydrogens (tertiary/aromatic N) is 1. The van der Waals surface area contributed by atoms with Gasteiger partial charge in [0.2, 0.25) is 0 Å². The van der Waals surface area contributed by atoms with Gasteiger partial charge in [0.05, 0.1) is 0 Å². The summed E-state index contributed by atoms with van der Waals surface area (Å²) in [6, 6.07) is 0.682. The number of hydrogen-bond acceptors (Lipinski definition) is 2. The highest BCUT2D eigenvalue weighted by molar-refractivity contribution is 4.97. The zero-order chi connectivity index (χ0) is 13.1. The van der Waals surface area contributed by atoms with Gasteiger partial charge in [-0.1, -0.05) is 34.1 Å². The zero-order valence-corrected chi connectivity index (χ0v) is 12.5. The second kappa shape index (κ2) is 6.19. The van der Waals surface area contributed by atoms with Crippen molar-refractivity contribution < 1.29 is 0 Å². The predicted molar refractivity (Wildman–Crippen MR) is 76.1 cm³/mol. The van der Waals surface area contributed by atoms with Crippen molar-refractivity contribution in [3.63, 3.8) is 0 Å². The van der Waals surface area contributed by atoms with E-state index in [0.717, 1.165) is 18.4 Å².